The molecule has 2 aromatic carbocycles. The number of urea groups is 1. The maximum Gasteiger partial charge on any atom is 0.322 e. The van der Waals surface area contributed by atoms with Crippen molar-refractivity contribution >= 4 is 17.4 Å². The first-order valence-corrected chi connectivity index (χ1v) is 7.55. The molecule has 4 nitrogen and oxygen atoms in total. The fraction of sp³-hybridized carbons (Fsp3) is 0.235. The van der Waals surface area contributed by atoms with Gasteiger partial charge in [0.25, 0.3) is 0 Å². The third-order valence-corrected chi connectivity index (χ3v) is 3.93. The Hall–Kier alpha value is -2.70. The standard InChI is InChI=1S/C17H16F3N3O/c18-12-5-6-15(14(20)11-12)21-17(24)23-9-7-22(8-10-23)16-4-2-1-3-13(16)19/h1-6,11H,7-10H2,(H,21,24). The normalized spacial score (nSPS) is 14.6. The molecule has 1 heterocycles. The Morgan fingerprint density at radius 3 is 2.29 bits per heavy atom. The molecule has 0 aliphatic carbocycles. The molecular formula is C17H16F3N3O. The van der Waals surface area contributed by atoms with Crippen LogP contribution in [-0.4, -0.2) is 37.1 Å². The van der Waals surface area contributed by atoms with Crippen LogP contribution in [0.3, 0.4) is 0 Å². The molecule has 0 spiro atoms. The third kappa shape index (κ3) is 3.45. The highest BCUT2D eigenvalue weighted by molar-refractivity contribution is 5.89. The van der Waals surface area contributed by atoms with Gasteiger partial charge in [0.05, 0.1) is 11.4 Å². The Bertz CT molecular complexity index is 746. The van der Waals surface area contributed by atoms with Crippen molar-refractivity contribution in [2.75, 3.05) is 36.4 Å². The van der Waals surface area contributed by atoms with Crippen LogP contribution >= 0.6 is 0 Å². The molecule has 0 saturated carbocycles. The van der Waals surface area contributed by atoms with E-state index < -0.39 is 17.7 Å². The summed E-state index contributed by atoms with van der Waals surface area (Å²) in [5, 5.41) is 2.43. The van der Waals surface area contributed by atoms with Crippen LogP contribution in [0.4, 0.5) is 29.3 Å². The number of carbonyl (C=O) groups excluding carboxylic acids is 1. The summed E-state index contributed by atoms with van der Waals surface area (Å²) >= 11 is 0. The molecule has 0 unspecified atom stereocenters. The van der Waals surface area contributed by atoms with Crippen molar-refractivity contribution in [2.24, 2.45) is 0 Å². The van der Waals surface area contributed by atoms with Crippen LogP contribution in [0.1, 0.15) is 0 Å². The number of carbonyl (C=O) groups is 1. The fourth-order valence-corrected chi connectivity index (χ4v) is 2.64. The van der Waals surface area contributed by atoms with Gasteiger partial charge in [-0.15, -0.1) is 0 Å². The van der Waals surface area contributed by atoms with Crippen LogP contribution < -0.4 is 10.2 Å². The smallest absolute Gasteiger partial charge is 0.322 e. The van der Waals surface area contributed by atoms with Crippen molar-refractivity contribution in [3.05, 3.63) is 59.9 Å². The summed E-state index contributed by atoms with van der Waals surface area (Å²) in [7, 11) is 0. The lowest BCUT2D eigenvalue weighted by molar-refractivity contribution is 0.208. The zero-order chi connectivity index (χ0) is 17.1. The van der Waals surface area contributed by atoms with E-state index >= 15 is 0 Å². The number of nitrogens with one attached hydrogen (secondary N) is 1. The summed E-state index contributed by atoms with van der Waals surface area (Å²) < 4.78 is 40.2. The zero-order valence-electron chi connectivity index (χ0n) is 12.8. The topological polar surface area (TPSA) is 35.6 Å². The average Bonchev–Trinajstić information content (AvgIpc) is 2.58. The second-order valence-electron chi connectivity index (χ2n) is 5.48. The summed E-state index contributed by atoms with van der Waals surface area (Å²) in [6, 6.07) is 8.98. The molecule has 2 amide bonds. The van der Waals surface area contributed by atoms with Gasteiger partial charge in [-0.05, 0) is 24.3 Å². The van der Waals surface area contributed by atoms with Gasteiger partial charge in [-0.1, -0.05) is 12.1 Å². The first kappa shape index (κ1) is 16.2. The molecule has 0 atom stereocenters. The number of benzene rings is 2. The summed E-state index contributed by atoms with van der Waals surface area (Å²) in [6.45, 7) is 1.70. The number of piperazine rings is 1. The third-order valence-electron chi connectivity index (χ3n) is 3.93. The van der Waals surface area contributed by atoms with Crippen molar-refractivity contribution < 1.29 is 18.0 Å². The minimum absolute atomic E-state index is 0.0714. The van der Waals surface area contributed by atoms with Crippen molar-refractivity contribution in [2.45, 2.75) is 0 Å². The predicted octanol–water partition coefficient (Wildman–Crippen LogP) is 3.46. The van der Waals surface area contributed by atoms with Gasteiger partial charge < -0.3 is 15.1 Å². The van der Waals surface area contributed by atoms with E-state index in [-0.39, 0.29) is 11.5 Å². The van der Waals surface area contributed by atoms with Crippen molar-refractivity contribution in [3.8, 4) is 0 Å². The van der Waals surface area contributed by atoms with Gasteiger partial charge in [-0.2, -0.15) is 0 Å². The number of hydrogen-bond acceptors (Lipinski definition) is 2. The van der Waals surface area contributed by atoms with E-state index in [4.69, 9.17) is 0 Å². The molecule has 0 bridgehead atoms. The first-order valence-electron chi connectivity index (χ1n) is 7.55. The van der Waals surface area contributed by atoms with Crippen molar-refractivity contribution in [1.29, 1.82) is 0 Å². The largest absolute Gasteiger partial charge is 0.366 e. The second kappa shape index (κ2) is 6.82. The zero-order valence-corrected chi connectivity index (χ0v) is 12.8. The molecule has 1 aliphatic heterocycles. The molecule has 126 valence electrons. The van der Waals surface area contributed by atoms with E-state index in [9.17, 15) is 18.0 Å². The van der Waals surface area contributed by atoms with E-state index in [0.29, 0.717) is 37.9 Å². The summed E-state index contributed by atoms with van der Waals surface area (Å²) in [5.74, 6) is -1.83. The highest BCUT2D eigenvalue weighted by Gasteiger charge is 2.23. The van der Waals surface area contributed by atoms with Crippen molar-refractivity contribution in [3.63, 3.8) is 0 Å². The van der Waals surface area contributed by atoms with Gasteiger partial charge in [-0.3, -0.25) is 0 Å². The van der Waals surface area contributed by atoms with Gasteiger partial charge in [0, 0.05) is 32.2 Å². The summed E-state index contributed by atoms with van der Waals surface area (Å²) in [6.07, 6.45) is 0. The molecule has 3 rings (SSSR count). The number of rotatable bonds is 2. The van der Waals surface area contributed by atoms with E-state index in [1.54, 1.807) is 18.2 Å². The lowest BCUT2D eigenvalue weighted by atomic mass is 10.2. The lowest BCUT2D eigenvalue weighted by Gasteiger charge is -2.36. The number of amides is 2. The van der Waals surface area contributed by atoms with Crippen LogP contribution in [0.25, 0.3) is 0 Å². The maximum atomic E-state index is 13.8. The lowest BCUT2D eigenvalue weighted by Crippen LogP contribution is -2.50. The van der Waals surface area contributed by atoms with Gasteiger partial charge in [0.1, 0.15) is 17.5 Å². The molecule has 1 fully saturated rings. The monoisotopic (exact) mass is 335 g/mol. The van der Waals surface area contributed by atoms with Gasteiger partial charge >= 0.3 is 6.03 Å². The maximum absolute atomic E-state index is 13.8. The Kier molecular flexibility index (Phi) is 4.59. The van der Waals surface area contributed by atoms with Gasteiger partial charge in [0.2, 0.25) is 0 Å². The molecular weight excluding hydrogens is 319 g/mol. The highest BCUT2D eigenvalue weighted by Crippen LogP contribution is 2.21. The van der Waals surface area contributed by atoms with Crippen LogP contribution in [0.2, 0.25) is 0 Å². The van der Waals surface area contributed by atoms with Crippen molar-refractivity contribution in [1.82, 2.24) is 4.90 Å². The van der Waals surface area contributed by atoms with Crippen LogP contribution in [-0.2, 0) is 0 Å². The minimum atomic E-state index is -0.826. The number of hydrogen-bond donors (Lipinski definition) is 1. The number of anilines is 2. The number of nitrogens with zero attached hydrogens (tertiary/aromatic N) is 2. The second-order valence-corrected chi connectivity index (χ2v) is 5.48. The Morgan fingerprint density at radius 1 is 0.917 bits per heavy atom. The van der Waals surface area contributed by atoms with Gasteiger partial charge in [0.15, 0.2) is 0 Å². The van der Waals surface area contributed by atoms with E-state index in [0.717, 1.165) is 6.07 Å². The highest BCUT2D eigenvalue weighted by atomic mass is 19.1. The summed E-state index contributed by atoms with van der Waals surface area (Å²) in [5.41, 5.74) is 0.431. The Labute approximate surface area is 137 Å². The molecule has 0 radical (unpaired) electrons. The Morgan fingerprint density at radius 2 is 1.62 bits per heavy atom. The quantitative estimate of drug-likeness (QED) is 0.912. The summed E-state index contributed by atoms with van der Waals surface area (Å²) in [4.78, 5) is 15.5. The van der Waals surface area contributed by atoms with Crippen LogP contribution in [0, 0.1) is 17.5 Å². The first-order chi connectivity index (χ1) is 11.5. The fourth-order valence-electron chi connectivity index (χ4n) is 2.64. The number of para-hydroxylation sites is 1. The molecule has 24 heavy (non-hydrogen) atoms. The van der Waals surface area contributed by atoms with E-state index in [1.165, 1.54) is 17.0 Å². The average molecular weight is 335 g/mol. The minimum Gasteiger partial charge on any atom is -0.366 e. The molecule has 1 saturated heterocycles. The Balaban J connectivity index is 1.60. The van der Waals surface area contributed by atoms with Gasteiger partial charge in [-0.25, -0.2) is 18.0 Å². The van der Waals surface area contributed by atoms with Crippen LogP contribution in [0.5, 0.6) is 0 Å². The van der Waals surface area contributed by atoms with Crippen LogP contribution in [0.15, 0.2) is 42.5 Å². The molecule has 2 aromatic rings. The molecule has 1 aliphatic rings. The molecule has 0 aromatic heterocycles. The predicted molar refractivity (Wildman–Crippen MR) is 85.6 cm³/mol. The molecule has 7 heteroatoms. The van der Waals surface area contributed by atoms with E-state index in [2.05, 4.69) is 5.32 Å². The molecule has 1 N–H and O–H groups in total. The number of halogens is 3. The SMILES string of the molecule is O=C(Nc1ccc(F)cc1F)N1CCN(c2ccccc2F)CC1. The van der Waals surface area contributed by atoms with E-state index in [1.807, 2.05) is 4.90 Å².